The molecule has 0 saturated carbocycles. The lowest BCUT2D eigenvalue weighted by molar-refractivity contribution is -0.141. The molecule has 0 unspecified atom stereocenters. The van der Waals surface area contributed by atoms with Crippen LogP contribution in [-0.4, -0.2) is 22.2 Å². The van der Waals surface area contributed by atoms with Crippen LogP contribution in [0.4, 0.5) is 13.2 Å². The highest BCUT2D eigenvalue weighted by Gasteiger charge is 2.33. The Hall–Kier alpha value is -2.09. The van der Waals surface area contributed by atoms with Gasteiger partial charge in [-0.15, -0.1) is 11.3 Å². The van der Waals surface area contributed by atoms with Crippen LogP contribution in [0.2, 0.25) is 0 Å². The number of hydrogen-bond acceptors (Lipinski definition) is 3. The minimum Gasteiger partial charge on any atom is -0.351 e. The molecule has 0 fully saturated rings. The van der Waals surface area contributed by atoms with Gasteiger partial charge in [-0.3, -0.25) is 9.48 Å². The third kappa shape index (κ3) is 4.75. The highest BCUT2D eigenvalue weighted by molar-refractivity contribution is 7.10. The Morgan fingerprint density at radius 3 is 2.86 bits per heavy atom. The van der Waals surface area contributed by atoms with E-state index in [0.29, 0.717) is 0 Å². The molecule has 8 heteroatoms. The highest BCUT2D eigenvalue weighted by Crippen LogP contribution is 2.27. The summed E-state index contributed by atoms with van der Waals surface area (Å²) in [6.45, 7) is 0.376. The number of hydrogen-bond donors (Lipinski definition) is 1. The Morgan fingerprint density at radius 1 is 1.43 bits per heavy atom. The molecule has 2 aromatic rings. The summed E-state index contributed by atoms with van der Waals surface area (Å²) < 4.78 is 38.1. The number of alkyl halides is 3. The monoisotopic (exact) mass is 315 g/mol. The van der Waals surface area contributed by atoms with Crippen LogP contribution in [0.15, 0.2) is 35.9 Å². The van der Waals surface area contributed by atoms with Gasteiger partial charge in [0, 0.05) is 23.7 Å². The molecule has 2 heterocycles. The van der Waals surface area contributed by atoms with E-state index in [2.05, 4.69) is 10.4 Å². The lowest BCUT2D eigenvalue weighted by atomic mass is 10.4. The van der Waals surface area contributed by atoms with Crippen molar-refractivity contribution in [2.75, 3.05) is 6.54 Å². The van der Waals surface area contributed by atoms with Gasteiger partial charge in [-0.05, 0) is 23.6 Å². The van der Waals surface area contributed by atoms with Gasteiger partial charge in [-0.25, -0.2) is 0 Å². The summed E-state index contributed by atoms with van der Waals surface area (Å²) >= 11 is 1.50. The third-order valence-electron chi connectivity index (χ3n) is 2.51. The Kier molecular flexibility index (Phi) is 4.79. The first kappa shape index (κ1) is 15.3. The summed E-state index contributed by atoms with van der Waals surface area (Å²) in [6, 6.07) is 4.65. The van der Waals surface area contributed by atoms with Crippen LogP contribution in [0.3, 0.4) is 0 Å². The van der Waals surface area contributed by atoms with Crippen molar-refractivity contribution < 1.29 is 18.0 Å². The summed E-state index contributed by atoms with van der Waals surface area (Å²) in [7, 11) is 0. The van der Waals surface area contributed by atoms with Gasteiger partial charge >= 0.3 is 6.18 Å². The second-order valence-corrected chi connectivity index (χ2v) is 5.08. The number of rotatable bonds is 5. The van der Waals surface area contributed by atoms with Crippen molar-refractivity contribution in [2.45, 2.75) is 12.7 Å². The molecule has 0 saturated heterocycles. The first-order chi connectivity index (χ1) is 9.95. The summed E-state index contributed by atoms with van der Waals surface area (Å²) in [5.74, 6) is -0.299. The fourth-order valence-corrected chi connectivity index (χ4v) is 2.15. The summed E-state index contributed by atoms with van der Waals surface area (Å²) in [5.41, 5.74) is -0.939. The number of carbonyl (C=O) groups excluding carboxylic acids is 1. The van der Waals surface area contributed by atoms with Crippen LogP contribution in [0.1, 0.15) is 10.6 Å². The van der Waals surface area contributed by atoms with Gasteiger partial charge in [0.25, 0.3) is 0 Å². The lowest BCUT2D eigenvalue weighted by Gasteiger charge is -2.03. The average Bonchev–Trinajstić information content (AvgIpc) is 3.07. The fraction of sp³-hybridized carbons (Fsp3) is 0.231. The Labute approximate surface area is 122 Å². The summed E-state index contributed by atoms with van der Waals surface area (Å²) in [5, 5.41) is 7.86. The van der Waals surface area contributed by atoms with Crippen molar-refractivity contribution in [3.05, 3.63) is 46.4 Å². The molecule has 2 rings (SSSR count). The first-order valence-electron chi connectivity index (χ1n) is 6.05. The number of nitrogens with zero attached hydrogens (tertiary/aromatic N) is 2. The van der Waals surface area contributed by atoms with Crippen LogP contribution in [0, 0.1) is 0 Å². The zero-order valence-electron chi connectivity index (χ0n) is 10.8. The van der Waals surface area contributed by atoms with E-state index in [0.717, 1.165) is 15.6 Å². The predicted octanol–water partition coefficient (Wildman–Crippen LogP) is 2.79. The number of nitrogens with one attached hydrogen (secondary N) is 1. The molecule has 0 bridgehead atoms. The number of aromatic nitrogens is 2. The summed E-state index contributed by atoms with van der Waals surface area (Å²) in [4.78, 5) is 12.4. The maximum atomic E-state index is 12.3. The predicted molar refractivity (Wildman–Crippen MR) is 73.6 cm³/mol. The van der Waals surface area contributed by atoms with Crippen LogP contribution in [0.5, 0.6) is 0 Å². The van der Waals surface area contributed by atoms with Gasteiger partial charge in [0.2, 0.25) is 5.91 Å². The Balaban J connectivity index is 1.76. The third-order valence-corrected chi connectivity index (χ3v) is 3.35. The van der Waals surface area contributed by atoms with Crippen molar-refractivity contribution >= 4 is 23.3 Å². The van der Waals surface area contributed by atoms with Crippen LogP contribution < -0.4 is 5.32 Å². The van der Waals surface area contributed by atoms with Crippen molar-refractivity contribution in [1.82, 2.24) is 15.1 Å². The van der Waals surface area contributed by atoms with E-state index in [1.54, 1.807) is 6.08 Å². The molecule has 0 aliphatic carbocycles. The van der Waals surface area contributed by atoms with Gasteiger partial charge in [0.15, 0.2) is 5.69 Å². The van der Waals surface area contributed by atoms with E-state index in [-0.39, 0.29) is 19.0 Å². The van der Waals surface area contributed by atoms with Crippen molar-refractivity contribution in [2.24, 2.45) is 0 Å². The molecule has 21 heavy (non-hydrogen) atoms. The molecule has 2 aromatic heterocycles. The van der Waals surface area contributed by atoms with Crippen molar-refractivity contribution in [1.29, 1.82) is 0 Å². The van der Waals surface area contributed by atoms with Gasteiger partial charge in [-0.2, -0.15) is 18.3 Å². The molecule has 0 atom stereocenters. The maximum absolute atomic E-state index is 12.3. The molecular formula is C13H12F3N3OS. The quantitative estimate of drug-likeness (QED) is 0.863. The van der Waals surface area contributed by atoms with Crippen LogP contribution in [-0.2, 0) is 17.5 Å². The van der Waals surface area contributed by atoms with E-state index in [1.165, 1.54) is 23.6 Å². The molecule has 0 radical (unpaired) electrons. The van der Waals surface area contributed by atoms with E-state index >= 15 is 0 Å². The topological polar surface area (TPSA) is 46.9 Å². The smallest absolute Gasteiger partial charge is 0.351 e. The molecule has 0 aromatic carbocycles. The van der Waals surface area contributed by atoms with E-state index < -0.39 is 11.9 Å². The molecule has 0 aliphatic rings. The van der Waals surface area contributed by atoms with E-state index in [4.69, 9.17) is 0 Å². The largest absolute Gasteiger partial charge is 0.435 e. The first-order valence-corrected chi connectivity index (χ1v) is 6.93. The molecule has 4 nitrogen and oxygen atoms in total. The van der Waals surface area contributed by atoms with Gasteiger partial charge in [0.1, 0.15) is 0 Å². The SMILES string of the molecule is O=C(/C=C/c1cccs1)NCCn1ccc(C(F)(F)F)n1. The Bertz CT molecular complexity index is 617. The lowest BCUT2D eigenvalue weighted by Crippen LogP contribution is -2.25. The standard InChI is InChI=1S/C13H12F3N3OS/c14-13(15,16)11-5-7-19(18-11)8-6-17-12(20)4-3-10-2-1-9-21-10/h1-5,7,9H,6,8H2,(H,17,20)/b4-3+. The van der Waals surface area contributed by atoms with Crippen LogP contribution >= 0.6 is 11.3 Å². The molecular weight excluding hydrogens is 303 g/mol. The second kappa shape index (κ2) is 6.57. The number of carbonyl (C=O) groups is 1. The van der Waals surface area contributed by atoms with E-state index in [1.807, 2.05) is 17.5 Å². The number of amides is 1. The van der Waals surface area contributed by atoms with Gasteiger partial charge in [-0.1, -0.05) is 6.07 Å². The molecule has 0 aliphatic heterocycles. The second-order valence-electron chi connectivity index (χ2n) is 4.10. The fourth-order valence-electron chi connectivity index (χ4n) is 1.53. The minimum absolute atomic E-state index is 0.175. The number of halogens is 3. The van der Waals surface area contributed by atoms with Crippen molar-refractivity contribution in [3.8, 4) is 0 Å². The summed E-state index contributed by atoms with van der Waals surface area (Å²) in [6.07, 6.45) is -0.153. The molecule has 1 N–H and O–H groups in total. The zero-order valence-corrected chi connectivity index (χ0v) is 11.6. The maximum Gasteiger partial charge on any atom is 0.435 e. The van der Waals surface area contributed by atoms with Gasteiger partial charge in [0.05, 0.1) is 6.54 Å². The normalized spacial score (nSPS) is 12.0. The van der Waals surface area contributed by atoms with E-state index in [9.17, 15) is 18.0 Å². The number of thiophene rings is 1. The minimum atomic E-state index is -4.45. The highest BCUT2D eigenvalue weighted by atomic mass is 32.1. The molecule has 0 spiro atoms. The molecule has 112 valence electrons. The van der Waals surface area contributed by atoms with Crippen molar-refractivity contribution in [3.63, 3.8) is 0 Å². The van der Waals surface area contributed by atoms with Crippen LogP contribution in [0.25, 0.3) is 6.08 Å². The van der Waals surface area contributed by atoms with Gasteiger partial charge < -0.3 is 5.32 Å². The molecule has 1 amide bonds. The zero-order chi connectivity index (χ0) is 15.3. The average molecular weight is 315 g/mol. The Morgan fingerprint density at radius 2 is 2.24 bits per heavy atom.